The SMILES string of the molecule is Cc1cnn(C2CC(c3ccccc3)CCC2C#N)c1. The number of nitriles is 1. The Morgan fingerprint density at radius 3 is 2.70 bits per heavy atom. The molecule has 1 heterocycles. The molecule has 1 aromatic carbocycles. The summed E-state index contributed by atoms with van der Waals surface area (Å²) in [4.78, 5) is 0. The number of rotatable bonds is 2. The smallest absolute Gasteiger partial charge is 0.0688 e. The summed E-state index contributed by atoms with van der Waals surface area (Å²) in [7, 11) is 0. The Morgan fingerprint density at radius 2 is 2.05 bits per heavy atom. The average molecular weight is 265 g/mol. The van der Waals surface area contributed by atoms with E-state index in [0.717, 1.165) is 24.8 Å². The Kier molecular flexibility index (Phi) is 3.56. The fourth-order valence-corrected chi connectivity index (χ4v) is 3.23. The standard InChI is InChI=1S/C17H19N3/c1-13-11-19-20(12-13)17-9-15(7-8-16(17)10-18)14-5-3-2-4-6-14/h2-6,11-12,15-17H,7-9H2,1H3. The van der Waals surface area contributed by atoms with Crippen LogP contribution in [0.25, 0.3) is 0 Å². The monoisotopic (exact) mass is 265 g/mol. The van der Waals surface area contributed by atoms with Gasteiger partial charge in [0.25, 0.3) is 0 Å². The first kappa shape index (κ1) is 12.9. The van der Waals surface area contributed by atoms with E-state index in [1.807, 2.05) is 17.8 Å². The van der Waals surface area contributed by atoms with Gasteiger partial charge in [-0.2, -0.15) is 10.4 Å². The molecule has 1 fully saturated rings. The van der Waals surface area contributed by atoms with Gasteiger partial charge in [0.2, 0.25) is 0 Å². The quantitative estimate of drug-likeness (QED) is 0.827. The van der Waals surface area contributed by atoms with E-state index in [-0.39, 0.29) is 12.0 Å². The van der Waals surface area contributed by atoms with Crippen LogP contribution in [-0.4, -0.2) is 9.78 Å². The minimum atomic E-state index is 0.0780. The van der Waals surface area contributed by atoms with Crippen molar-refractivity contribution in [3.05, 3.63) is 53.9 Å². The molecule has 1 saturated carbocycles. The average Bonchev–Trinajstić information content (AvgIpc) is 2.94. The molecule has 0 bridgehead atoms. The van der Waals surface area contributed by atoms with E-state index in [1.165, 1.54) is 5.56 Å². The van der Waals surface area contributed by atoms with Crippen molar-refractivity contribution in [2.75, 3.05) is 0 Å². The molecule has 0 aliphatic heterocycles. The number of benzene rings is 1. The highest BCUT2D eigenvalue weighted by Crippen LogP contribution is 2.41. The van der Waals surface area contributed by atoms with Gasteiger partial charge in [-0.05, 0) is 43.2 Å². The lowest BCUT2D eigenvalue weighted by Gasteiger charge is -2.33. The van der Waals surface area contributed by atoms with Crippen molar-refractivity contribution >= 4 is 0 Å². The van der Waals surface area contributed by atoms with E-state index < -0.39 is 0 Å². The largest absolute Gasteiger partial charge is 0.268 e. The first-order chi connectivity index (χ1) is 9.78. The fraction of sp³-hybridized carbons (Fsp3) is 0.412. The molecular formula is C17H19N3. The summed E-state index contributed by atoms with van der Waals surface area (Å²) < 4.78 is 2.00. The molecule has 0 N–H and O–H groups in total. The van der Waals surface area contributed by atoms with Gasteiger partial charge >= 0.3 is 0 Å². The van der Waals surface area contributed by atoms with Crippen LogP contribution in [0.5, 0.6) is 0 Å². The normalized spacial score (nSPS) is 26.1. The van der Waals surface area contributed by atoms with Crippen LogP contribution in [0, 0.1) is 24.2 Å². The van der Waals surface area contributed by atoms with Crippen molar-refractivity contribution in [3.8, 4) is 6.07 Å². The van der Waals surface area contributed by atoms with Crippen LogP contribution in [0.2, 0.25) is 0 Å². The predicted molar refractivity (Wildman–Crippen MR) is 78.1 cm³/mol. The molecule has 0 amide bonds. The zero-order chi connectivity index (χ0) is 13.9. The summed E-state index contributed by atoms with van der Waals surface area (Å²) in [6.07, 6.45) is 6.99. The highest BCUT2D eigenvalue weighted by Gasteiger charge is 2.32. The molecule has 3 rings (SSSR count). The third-order valence-corrected chi connectivity index (χ3v) is 4.32. The number of aryl methyl sites for hydroxylation is 1. The molecule has 0 spiro atoms. The molecule has 3 nitrogen and oxygen atoms in total. The van der Waals surface area contributed by atoms with E-state index in [2.05, 4.69) is 47.7 Å². The van der Waals surface area contributed by atoms with Gasteiger partial charge in [0.15, 0.2) is 0 Å². The second-order valence-corrected chi connectivity index (χ2v) is 5.72. The maximum Gasteiger partial charge on any atom is 0.0688 e. The number of aromatic nitrogens is 2. The Balaban J connectivity index is 1.85. The molecule has 2 aromatic rings. The van der Waals surface area contributed by atoms with Crippen molar-refractivity contribution in [3.63, 3.8) is 0 Å². The second kappa shape index (κ2) is 5.50. The van der Waals surface area contributed by atoms with Crippen LogP contribution in [0.3, 0.4) is 0 Å². The van der Waals surface area contributed by atoms with Gasteiger partial charge in [-0.25, -0.2) is 0 Å². The fourth-order valence-electron chi connectivity index (χ4n) is 3.23. The summed E-state index contributed by atoms with van der Waals surface area (Å²) in [5.74, 6) is 0.615. The van der Waals surface area contributed by atoms with Crippen molar-refractivity contribution in [2.45, 2.75) is 38.1 Å². The van der Waals surface area contributed by atoms with Gasteiger partial charge < -0.3 is 0 Å². The number of hydrogen-bond acceptors (Lipinski definition) is 2. The highest BCUT2D eigenvalue weighted by atomic mass is 15.3. The van der Waals surface area contributed by atoms with E-state index in [9.17, 15) is 5.26 Å². The summed E-state index contributed by atoms with van der Waals surface area (Å²) in [6.45, 7) is 2.04. The first-order valence-electron chi connectivity index (χ1n) is 7.23. The van der Waals surface area contributed by atoms with Crippen LogP contribution < -0.4 is 0 Å². The minimum absolute atomic E-state index is 0.0780. The van der Waals surface area contributed by atoms with Crippen LogP contribution in [0.4, 0.5) is 0 Å². The Bertz CT molecular complexity index is 609. The zero-order valence-electron chi connectivity index (χ0n) is 11.7. The van der Waals surface area contributed by atoms with Crippen molar-refractivity contribution in [1.29, 1.82) is 5.26 Å². The van der Waals surface area contributed by atoms with Gasteiger partial charge in [0.1, 0.15) is 0 Å². The third-order valence-electron chi connectivity index (χ3n) is 4.32. The van der Waals surface area contributed by atoms with Crippen molar-refractivity contribution < 1.29 is 0 Å². The van der Waals surface area contributed by atoms with Crippen LogP contribution in [0.1, 0.15) is 42.3 Å². The molecule has 1 aromatic heterocycles. The van der Waals surface area contributed by atoms with E-state index in [1.54, 1.807) is 0 Å². The Hall–Kier alpha value is -2.08. The van der Waals surface area contributed by atoms with Crippen LogP contribution in [-0.2, 0) is 0 Å². The van der Waals surface area contributed by atoms with Crippen molar-refractivity contribution in [2.24, 2.45) is 5.92 Å². The van der Waals surface area contributed by atoms with E-state index >= 15 is 0 Å². The minimum Gasteiger partial charge on any atom is -0.268 e. The lowest BCUT2D eigenvalue weighted by Crippen LogP contribution is -2.26. The Morgan fingerprint density at radius 1 is 1.25 bits per heavy atom. The van der Waals surface area contributed by atoms with Crippen LogP contribution in [0.15, 0.2) is 42.7 Å². The predicted octanol–water partition coefficient (Wildman–Crippen LogP) is 3.84. The van der Waals surface area contributed by atoms with Crippen LogP contribution >= 0.6 is 0 Å². The number of hydrogen-bond donors (Lipinski definition) is 0. The van der Waals surface area contributed by atoms with Crippen molar-refractivity contribution in [1.82, 2.24) is 9.78 Å². The molecule has 0 saturated heterocycles. The zero-order valence-corrected chi connectivity index (χ0v) is 11.7. The molecule has 3 unspecified atom stereocenters. The molecule has 20 heavy (non-hydrogen) atoms. The lowest BCUT2D eigenvalue weighted by molar-refractivity contribution is 0.246. The molecule has 0 radical (unpaired) electrons. The van der Waals surface area contributed by atoms with E-state index in [4.69, 9.17) is 0 Å². The third kappa shape index (κ3) is 2.46. The summed E-state index contributed by atoms with van der Waals surface area (Å²) in [5, 5.41) is 13.8. The summed E-state index contributed by atoms with van der Waals surface area (Å²) >= 11 is 0. The topological polar surface area (TPSA) is 41.6 Å². The molecule has 1 aliphatic carbocycles. The molecule has 102 valence electrons. The maximum absolute atomic E-state index is 9.40. The summed E-state index contributed by atoms with van der Waals surface area (Å²) in [5.41, 5.74) is 2.54. The maximum atomic E-state index is 9.40. The van der Waals surface area contributed by atoms with Gasteiger partial charge in [-0.3, -0.25) is 4.68 Å². The summed E-state index contributed by atoms with van der Waals surface area (Å²) in [6, 6.07) is 13.3. The lowest BCUT2D eigenvalue weighted by atomic mass is 9.76. The first-order valence-corrected chi connectivity index (χ1v) is 7.23. The highest BCUT2D eigenvalue weighted by molar-refractivity contribution is 5.21. The molecular weight excluding hydrogens is 246 g/mol. The van der Waals surface area contributed by atoms with E-state index in [0.29, 0.717) is 5.92 Å². The molecule has 3 atom stereocenters. The van der Waals surface area contributed by atoms with Gasteiger partial charge in [0, 0.05) is 6.20 Å². The second-order valence-electron chi connectivity index (χ2n) is 5.72. The molecule has 1 aliphatic rings. The Labute approximate surface area is 119 Å². The van der Waals surface area contributed by atoms with Gasteiger partial charge in [-0.1, -0.05) is 30.3 Å². The van der Waals surface area contributed by atoms with Gasteiger partial charge in [0.05, 0.1) is 24.2 Å². The number of nitrogens with zero attached hydrogens (tertiary/aromatic N) is 3. The molecule has 3 heteroatoms. The van der Waals surface area contributed by atoms with Gasteiger partial charge in [-0.15, -0.1) is 0 Å².